The summed E-state index contributed by atoms with van der Waals surface area (Å²) in [7, 11) is 1.59. The molecule has 1 atom stereocenters. The molecule has 0 aliphatic carbocycles. The molecule has 15 heavy (non-hydrogen) atoms. The third-order valence-corrected chi connectivity index (χ3v) is 2.66. The van der Waals surface area contributed by atoms with Crippen molar-refractivity contribution in [3.8, 4) is 5.75 Å². The number of ether oxygens (including phenoxy) is 1. The van der Waals surface area contributed by atoms with Crippen molar-refractivity contribution in [3.63, 3.8) is 0 Å². The second kappa shape index (κ2) is 3.87. The van der Waals surface area contributed by atoms with E-state index < -0.39 is 6.10 Å². The Kier molecular flexibility index (Phi) is 2.71. The van der Waals surface area contributed by atoms with E-state index in [1.165, 1.54) is 0 Å². The first kappa shape index (κ1) is 10.5. The van der Waals surface area contributed by atoms with Crippen molar-refractivity contribution in [2.24, 2.45) is 0 Å². The Morgan fingerprint density at radius 3 is 2.73 bits per heavy atom. The highest BCUT2D eigenvalue weighted by atomic mass is 79.9. The highest BCUT2D eigenvalue weighted by molar-refractivity contribution is 9.10. The van der Waals surface area contributed by atoms with Crippen LogP contribution >= 0.6 is 15.9 Å². The second-order valence-corrected chi connectivity index (χ2v) is 4.27. The molecule has 80 valence electrons. The Bertz CT molecular complexity index is 488. The quantitative estimate of drug-likeness (QED) is 0.911. The predicted molar refractivity (Wildman–Crippen MR) is 61.1 cm³/mol. The summed E-state index contributed by atoms with van der Waals surface area (Å²) < 4.78 is 11.6. The van der Waals surface area contributed by atoms with Crippen molar-refractivity contribution in [1.82, 2.24) is 0 Å². The fourth-order valence-corrected chi connectivity index (χ4v) is 1.92. The Balaban J connectivity index is 2.68. The van der Waals surface area contributed by atoms with Crippen molar-refractivity contribution < 1.29 is 14.3 Å². The molecule has 3 nitrogen and oxygen atoms in total. The third kappa shape index (κ3) is 1.87. The molecule has 0 aliphatic rings. The lowest BCUT2D eigenvalue weighted by Gasteiger charge is -2.01. The van der Waals surface area contributed by atoms with E-state index in [1.807, 2.05) is 18.2 Å². The van der Waals surface area contributed by atoms with Gasteiger partial charge in [0.15, 0.2) is 11.3 Å². The zero-order valence-corrected chi connectivity index (χ0v) is 10.0. The van der Waals surface area contributed by atoms with Crippen molar-refractivity contribution >= 4 is 26.9 Å². The summed E-state index contributed by atoms with van der Waals surface area (Å²) in [6, 6.07) is 5.57. The Morgan fingerprint density at radius 1 is 1.40 bits per heavy atom. The van der Waals surface area contributed by atoms with Gasteiger partial charge in [0.25, 0.3) is 0 Å². The molecular weight excluding hydrogens is 260 g/mol. The largest absolute Gasteiger partial charge is 0.493 e. The maximum atomic E-state index is 9.41. The summed E-state index contributed by atoms with van der Waals surface area (Å²) in [5.74, 6) is 1.20. The first-order chi connectivity index (χ1) is 7.11. The van der Waals surface area contributed by atoms with Crippen LogP contribution in [0.15, 0.2) is 27.1 Å². The molecule has 1 aromatic carbocycles. The molecule has 1 N–H and O–H groups in total. The monoisotopic (exact) mass is 270 g/mol. The van der Waals surface area contributed by atoms with Gasteiger partial charge in [-0.25, -0.2) is 0 Å². The van der Waals surface area contributed by atoms with Gasteiger partial charge in [-0.2, -0.15) is 0 Å². The predicted octanol–water partition coefficient (Wildman–Crippen LogP) is 3.26. The Labute approximate surface area is 95.8 Å². The Hall–Kier alpha value is -1.00. The fourth-order valence-electron chi connectivity index (χ4n) is 1.46. The second-order valence-electron chi connectivity index (χ2n) is 3.35. The van der Waals surface area contributed by atoms with Crippen molar-refractivity contribution in [3.05, 3.63) is 28.4 Å². The minimum absolute atomic E-state index is 0.543. The summed E-state index contributed by atoms with van der Waals surface area (Å²) in [5, 5.41) is 10.3. The molecule has 0 fully saturated rings. The molecule has 0 saturated carbocycles. The van der Waals surface area contributed by atoms with Crippen LogP contribution in [-0.4, -0.2) is 12.2 Å². The van der Waals surface area contributed by atoms with Gasteiger partial charge in [0, 0.05) is 9.86 Å². The van der Waals surface area contributed by atoms with Crippen LogP contribution in [0.25, 0.3) is 11.0 Å². The molecule has 0 bridgehead atoms. The van der Waals surface area contributed by atoms with E-state index in [0.717, 1.165) is 9.86 Å². The fraction of sp³-hybridized carbons (Fsp3) is 0.273. The molecule has 0 aliphatic heterocycles. The molecule has 4 heteroatoms. The lowest BCUT2D eigenvalue weighted by atomic mass is 10.2. The van der Waals surface area contributed by atoms with Gasteiger partial charge in [-0.3, -0.25) is 0 Å². The summed E-state index contributed by atoms with van der Waals surface area (Å²) in [4.78, 5) is 0. The van der Waals surface area contributed by atoms with Gasteiger partial charge in [0.2, 0.25) is 0 Å². The van der Waals surface area contributed by atoms with Crippen LogP contribution in [0, 0.1) is 0 Å². The number of halogens is 1. The van der Waals surface area contributed by atoms with Crippen LogP contribution in [-0.2, 0) is 0 Å². The van der Waals surface area contributed by atoms with Gasteiger partial charge in [-0.15, -0.1) is 0 Å². The van der Waals surface area contributed by atoms with E-state index >= 15 is 0 Å². The summed E-state index contributed by atoms with van der Waals surface area (Å²) in [5.41, 5.74) is 0.664. The molecule has 0 amide bonds. The highest BCUT2D eigenvalue weighted by Crippen LogP contribution is 2.33. The lowest BCUT2D eigenvalue weighted by molar-refractivity contribution is 0.172. The van der Waals surface area contributed by atoms with Crippen molar-refractivity contribution in [2.45, 2.75) is 13.0 Å². The minimum Gasteiger partial charge on any atom is -0.493 e. The van der Waals surface area contributed by atoms with Gasteiger partial charge in [-0.05, 0) is 25.1 Å². The SMILES string of the molecule is COc1cc(Br)cc2cc(C(C)O)oc12. The van der Waals surface area contributed by atoms with Crippen molar-refractivity contribution in [2.75, 3.05) is 7.11 Å². The number of methoxy groups -OCH3 is 1. The van der Waals surface area contributed by atoms with Crippen LogP contribution in [0.3, 0.4) is 0 Å². The van der Waals surface area contributed by atoms with Crippen LogP contribution in [0.4, 0.5) is 0 Å². The summed E-state index contributed by atoms with van der Waals surface area (Å²) >= 11 is 3.39. The smallest absolute Gasteiger partial charge is 0.176 e. The summed E-state index contributed by atoms with van der Waals surface area (Å²) in [6.45, 7) is 1.67. The number of benzene rings is 1. The van der Waals surface area contributed by atoms with Crippen LogP contribution in [0.2, 0.25) is 0 Å². The zero-order valence-electron chi connectivity index (χ0n) is 8.45. The van der Waals surface area contributed by atoms with Crippen molar-refractivity contribution in [1.29, 1.82) is 0 Å². The zero-order chi connectivity index (χ0) is 11.0. The van der Waals surface area contributed by atoms with E-state index in [1.54, 1.807) is 14.0 Å². The number of hydrogen-bond donors (Lipinski definition) is 1. The number of furan rings is 1. The van der Waals surface area contributed by atoms with Crippen LogP contribution in [0.1, 0.15) is 18.8 Å². The first-order valence-electron chi connectivity index (χ1n) is 4.57. The molecule has 0 radical (unpaired) electrons. The van der Waals surface area contributed by atoms with E-state index in [2.05, 4.69) is 15.9 Å². The maximum Gasteiger partial charge on any atom is 0.176 e. The maximum absolute atomic E-state index is 9.41. The highest BCUT2D eigenvalue weighted by Gasteiger charge is 2.12. The molecule has 2 aromatic rings. The first-order valence-corrected chi connectivity index (χ1v) is 5.36. The molecule has 2 rings (SSSR count). The van der Waals surface area contributed by atoms with Gasteiger partial charge in [-0.1, -0.05) is 15.9 Å². The number of fused-ring (bicyclic) bond motifs is 1. The normalized spacial score (nSPS) is 13.1. The average molecular weight is 271 g/mol. The van der Waals surface area contributed by atoms with Crippen LogP contribution < -0.4 is 4.74 Å². The topological polar surface area (TPSA) is 42.6 Å². The van der Waals surface area contributed by atoms with Gasteiger partial charge in [0.1, 0.15) is 11.9 Å². The van der Waals surface area contributed by atoms with E-state index in [-0.39, 0.29) is 0 Å². The Morgan fingerprint density at radius 2 is 2.13 bits per heavy atom. The average Bonchev–Trinajstić information content (AvgIpc) is 2.59. The summed E-state index contributed by atoms with van der Waals surface area (Å²) in [6.07, 6.45) is -0.610. The number of hydrogen-bond acceptors (Lipinski definition) is 3. The molecule has 1 heterocycles. The van der Waals surface area contributed by atoms with E-state index in [0.29, 0.717) is 17.1 Å². The number of aliphatic hydroxyl groups excluding tert-OH is 1. The molecular formula is C11H11BrO3. The molecule has 1 aromatic heterocycles. The lowest BCUT2D eigenvalue weighted by Crippen LogP contribution is -1.85. The molecule has 0 spiro atoms. The van der Waals surface area contributed by atoms with Gasteiger partial charge in [0.05, 0.1) is 7.11 Å². The van der Waals surface area contributed by atoms with Gasteiger partial charge < -0.3 is 14.3 Å². The number of rotatable bonds is 2. The van der Waals surface area contributed by atoms with Crippen LogP contribution in [0.5, 0.6) is 5.75 Å². The standard InChI is InChI=1S/C11H11BrO3/c1-6(13)9-4-7-3-8(12)5-10(14-2)11(7)15-9/h3-6,13H,1-2H3. The van der Waals surface area contributed by atoms with E-state index in [4.69, 9.17) is 9.15 Å². The third-order valence-electron chi connectivity index (χ3n) is 2.20. The molecule has 1 unspecified atom stereocenters. The molecule has 0 saturated heterocycles. The van der Waals surface area contributed by atoms with Gasteiger partial charge >= 0.3 is 0 Å². The minimum atomic E-state index is -0.610. The van der Waals surface area contributed by atoms with E-state index in [9.17, 15) is 5.11 Å². The number of aliphatic hydroxyl groups is 1.